The zero-order valence-corrected chi connectivity index (χ0v) is 14.1. The Morgan fingerprint density at radius 2 is 1.76 bits per heavy atom. The lowest BCUT2D eigenvalue weighted by molar-refractivity contribution is -0.275. The highest BCUT2D eigenvalue weighted by Crippen LogP contribution is 2.37. The number of hydrogen-bond donors (Lipinski definition) is 1. The van der Waals surface area contributed by atoms with Crippen LogP contribution in [0.25, 0.3) is 11.1 Å². The molecule has 1 aliphatic rings. The number of alkyl halides is 3. The summed E-state index contributed by atoms with van der Waals surface area (Å²) in [7, 11) is 0. The Morgan fingerprint density at radius 3 is 2.32 bits per heavy atom. The van der Waals surface area contributed by atoms with Gasteiger partial charge in [0, 0.05) is 23.7 Å². The van der Waals surface area contributed by atoms with E-state index < -0.39 is 17.9 Å². The number of nitrogens with one attached hydrogen (secondary N) is 1. The van der Waals surface area contributed by atoms with Crippen LogP contribution in [0.3, 0.4) is 0 Å². The van der Waals surface area contributed by atoms with E-state index in [0.29, 0.717) is 13.1 Å². The van der Waals surface area contributed by atoms with Gasteiger partial charge in [-0.05, 0) is 35.9 Å². The third kappa shape index (κ3) is 4.90. The van der Waals surface area contributed by atoms with E-state index in [4.69, 9.17) is 16.3 Å². The van der Waals surface area contributed by atoms with Gasteiger partial charge in [-0.1, -0.05) is 17.7 Å². The molecule has 1 fully saturated rings. The summed E-state index contributed by atoms with van der Waals surface area (Å²) in [5.41, 5.74) is 0.339. The van der Waals surface area contributed by atoms with Crippen LogP contribution >= 0.6 is 24.0 Å². The molecular formula is C16H13Cl2F4NO2. The predicted molar refractivity (Wildman–Crippen MR) is 88.1 cm³/mol. The van der Waals surface area contributed by atoms with Crippen molar-refractivity contribution in [3.05, 3.63) is 47.2 Å². The fraction of sp³-hybridized carbons (Fsp3) is 0.250. The number of benzene rings is 2. The van der Waals surface area contributed by atoms with Gasteiger partial charge in [0.05, 0.1) is 0 Å². The van der Waals surface area contributed by atoms with E-state index in [-0.39, 0.29) is 40.4 Å². The monoisotopic (exact) mass is 397 g/mol. The smallest absolute Gasteiger partial charge is 0.484 e. The molecule has 25 heavy (non-hydrogen) atoms. The van der Waals surface area contributed by atoms with Gasteiger partial charge in [0.2, 0.25) is 0 Å². The van der Waals surface area contributed by atoms with Crippen LogP contribution in [0, 0.1) is 5.82 Å². The highest BCUT2D eigenvalue weighted by Gasteiger charge is 2.33. The highest BCUT2D eigenvalue weighted by molar-refractivity contribution is 6.30. The van der Waals surface area contributed by atoms with E-state index in [2.05, 4.69) is 10.1 Å². The summed E-state index contributed by atoms with van der Waals surface area (Å²) < 4.78 is 61.4. The first kappa shape index (κ1) is 19.6. The lowest BCUT2D eigenvalue weighted by Crippen LogP contribution is -2.50. The van der Waals surface area contributed by atoms with Crippen molar-refractivity contribution in [3.63, 3.8) is 0 Å². The molecule has 0 unspecified atom stereocenters. The van der Waals surface area contributed by atoms with Crippen LogP contribution in [0.2, 0.25) is 5.02 Å². The average Bonchev–Trinajstić information content (AvgIpc) is 2.42. The Kier molecular flexibility index (Phi) is 6.03. The largest absolute Gasteiger partial charge is 0.573 e. The van der Waals surface area contributed by atoms with Gasteiger partial charge in [-0.3, -0.25) is 0 Å². The van der Waals surface area contributed by atoms with Gasteiger partial charge in [0.15, 0.2) is 11.5 Å². The first-order valence-corrected chi connectivity index (χ1v) is 7.42. The van der Waals surface area contributed by atoms with Crippen LogP contribution < -0.4 is 14.8 Å². The zero-order valence-electron chi connectivity index (χ0n) is 12.6. The summed E-state index contributed by atoms with van der Waals surface area (Å²) in [5, 5.41) is 3.14. The predicted octanol–water partition coefficient (Wildman–Crippen LogP) is 4.82. The Balaban J connectivity index is 0.00000225. The van der Waals surface area contributed by atoms with Gasteiger partial charge in [-0.25, -0.2) is 4.39 Å². The van der Waals surface area contributed by atoms with Crippen molar-refractivity contribution < 1.29 is 27.0 Å². The molecule has 3 rings (SSSR count). The number of ether oxygens (including phenoxy) is 2. The van der Waals surface area contributed by atoms with Crippen LogP contribution in [-0.2, 0) is 0 Å². The molecule has 2 aromatic rings. The maximum atomic E-state index is 14.0. The normalized spacial score (nSPS) is 14.4. The first-order chi connectivity index (χ1) is 11.3. The molecule has 0 radical (unpaired) electrons. The molecule has 0 atom stereocenters. The summed E-state index contributed by atoms with van der Waals surface area (Å²) in [6.45, 7) is 1.08. The quantitative estimate of drug-likeness (QED) is 0.750. The van der Waals surface area contributed by atoms with Crippen molar-refractivity contribution in [3.8, 4) is 22.6 Å². The van der Waals surface area contributed by atoms with Crippen molar-refractivity contribution in [1.82, 2.24) is 5.32 Å². The van der Waals surface area contributed by atoms with E-state index in [0.717, 1.165) is 12.1 Å². The Morgan fingerprint density at radius 1 is 1.04 bits per heavy atom. The maximum absolute atomic E-state index is 14.0. The van der Waals surface area contributed by atoms with E-state index in [9.17, 15) is 17.6 Å². The third-order valence-electron chi connectivity index (χ3n) is 3.45. The summed E-state index contributed by atoms with van der Waals surface area (Å²) in [4.78, 5) is 0. The van der Waals surface area contributed by atoms with Crippen molar-refractivity contribution in [1.29, 1.82) is 0 Å². The van der Waals surface area contributed by atoms with Crippen LogP contribution in [0.4, 0.5) is 17.6 Å². The molecule has 0 aromatic heterocycles. The Labute approximate surface area is 152 Å². The number of rotatable bonds is 4. The van der Waals surface area contributed by atoms with E-state index in [1.54, 1.807) is 0 Å². The highest BCUT2D eigenvalue weighted by atomic mass is 35.5. The lowest BCUT2D eigenvalue weighted by atomic mass is 10.0. The second kappa shape index (κ2) is 7.68. The Bertz CT molecular complexity index is 751. The standard InChI is InChI=1S/C16H12ClF4NO2.ClH/c17-10-2-3-12(13(18)6-10)9-1-4-14(23-11-7-22-8-11)15(5-9)24-16(19,20)21;/h1-6,11,22H,7-8H2;1H. The number of halogens is 6. The van der Waals surface area contributed by atoms with Gasteiger partial charge < -0.3 is 14.8 Å². The molecule has 0 aliphatic carbocycles. The fourth-order valence-electron chi connectivity index (χ4n) is 2.23. The van der Waals surface area contributed by atoms with Gasteiger partial charge in [-0.15, -0.1) is 25.6 Å². The zero-order chi connectivity index (χ0) is 17.3. The van der Waals surface area contributed by atoms with Crippen LogP contribution in [0.15, 0.2) is 36.4 Å². The molecule has 0 bridgehead atoms. The molecule has 3 nitrogen and oxygen atoms in total. The van der Waals surface area contributed by atoms with Crippen molar-refractivity contribution >= 4 is 24.0 Å². The maximum Gasteiger partial charge on any atom is 0.573 e. The molecule has 1 heterocycles. The first-order valence-electron chi connectivity index (χ1n) is 7.04. The van der Waals surface area contributed by atoms with Crippen molar-refractivity contribution in [2.45, 2.75) is 12.5 Å². The summed E-state index contributed by atoms with van der Waals surface area (Å²) in [6, 6.07) is 7.84. The SMILES string of the molecule is Cl.Fc1cc(Cl)ccc1-c1ccc(OC2CNC2)c(OC(F)(F)F)c1. The lowest BCUT2D eigenvalue weighted by Gasteiger charge is -2.28. The minimum absolute atomic E-state index is 0. The molecular weight excluding hydrogens is 385 g/mol. The van der Waals surface area contributed by atoms with Gasteiger partial charge in [0.1, 0.15) is 11.9 Å². The van der Waals surface area contributed by atoms with Crippen molar-refractivity contribution in [2.24, 2.45) is 0 Å². The van der Waals surface area contributed by atoms with E-state index in [1.165, 1.54) is 24.3 Å². The van der Waals surface area contributed by atoms with E-state index >= 15 is 0 Å². The summed E-state index contributed by atoms with van der Waals surface area (Å²) in [5.74, 6) is -1.20. The molecule has 0 amide bonds. The third-order valence-corrected chi connectivity index (χ3v) is 3.68. The van der Waals surface area contributed by atoms with Crippen LogP contribution in [0.1, 0.15) is 0 Å². The van der Waals surface area contributed by atoms with Gasteiger partial charge in [-0.2, -0.15) is 0 Å². The average molecular weight is 398 g/mol. The second-order valence-corrected chi connectivity index (χ2v) is 5.67. The Hall–Kier alpha value is -1.70. The molecule has 136 valence electrons. The van der Waals surface area contributed by atoms with Gasteiger partial charge >= 0.3 is 6.36 Å². The molecule has 0 spiro atoms. The van der Waals surface area contributed by atoms with Crippen molar-refractivity contribution in [2.75, 3.05) is 13.1 Å². The van der Waals surface area contributed by atoms with Crippen LogP contribution in [0.5, 0.6) is 11.5 Å². The molecule has 1 saturated heterocycles. The molecule has 9 heteroatoms. The molecule has 1 aliphatic heterocycles. The molecule has 2 aromatic carbocycles. The fourth-order valence-corrected chi connectivity index (χ4v) is 2.38. The topological polar surface area (TPSA) is 30.5 Å². The minimum Gasteiger partial charge on any atom is -0.484 e. The minimum atomic E-state index is -4.88. The van der Waals surface area contributed by atoms with E-state index in [1.807, 2.05) is 0 Å². The number of hydrogen-bond acceptors (Lipinski definition) is 3. The summed E-state index contributed by atoms with van der Waals surface area (Å²) in [6.07, 6.45) is -5.11. The molecule has 1 N–H and O–H groups in total. The van der Waals surface area contributed by atoms with Gasteiger partial charge in [0.25, 0.3) is 0 Å². The summed E-state index contributed by atoms with van der Waals surface area (Å²) >= 11 is 5.69. The molecule has 0 saturated carbocycles. The van der Waals surface area contributed by atoms with Crippen LogP contribution in [-0.4, -0.2) is 25.6 Å². The second-order valence-electron chi connectivity index (χ2n) is 5.23.